The fourth-order valence-corrected chi connectivity index (χ4v) is 2.75. The highest BCUT2D eigenvalue weighted by atomic mass is 16.1. The van der Waals surface area contributed by atoms with Crippen LogP contribution in [0.5, 0.6) is 0 Å². The Morgan fingerprint density at radius 2 is 1.71 bits per heavy atom. The molecular formula is C15H29NO. The maximum absolute atomic E-state index is 11.5. The molecule has 2 nitrogen and oxygen atoms in total. The van der Waals surface area contributed by atoms with Gasteiger partial charge in [0.1, 0.15) is 5.78 Å². The van der Waals surface area contributed by atoms with Crippen molar-refractivity contribution in [3.05, 3.63) is 0 Å². The van der Waals surface area contributed by atoms with Gasteiger partial charge in [-0.05, 0) is 13.3 Å². The number of piperidine rings is 1. The second kappa shape index (κ2) is 8.68. The number of Topliss-reactive ketones (excluding diaryl/α,β-unsaturated/α-hetero) is 1. The van der Waals surface area contributed by atoms with Crippen molar-refractivity contribution in [2.75, 3.05) is 0 Å². The minimum atomic E-state index is 0.394. The summed E-state index contributed by atoms with van der Waals surface area (Å²) in [5, 5.41) is 3.54. The summed E-state index contributed by atoms with van der Waals surface area (Å²) in [4.78, 5) is 11.5. The molecular weight excluding hydrogens is 210 g/mol. The zero-order valence-electron chi connectivity index (χ0n) is 11.6. The summed E-state index contributed by atoms with van der Waals surface area (Å²) in [6, 6.07) is 0.854. The Balaban J connectivity index is 1.97. The molecule has 1 heterocycles. The predicted octanol–water partition coefficient (Wildman–Crippen LogP) is 3.84. The Kier molecular flexibility index (Phi) is 7.50. The molecule has 0 aliphatic carbocycles. The van der Waals surface area contributed by atoms with E-state index in [0.29, 0.717) is 17.9 Å². The van der Waals surface area contributed by atoms with Crippen molar-refractivity contribution in [2.45, 2.75) is 90.1 Å². The van der Waals surface area contributed by atoms with Crippen molar-refractivity contribution in [1.82, 2.24) is 5.32 Å². The van der Waals surface area contributed by atoms with E-state index in [-0.39, 0.29) is 0 Å². The van der Waals surface area contributed by atoms with E-state index in [1.807, 2.05) is 0 Å². The molecule has 17 heavy (non-hydrogen) atoms. The quantitative estimate of drug-likeness (QED) is 0.652. The highest BCUT2D eigenvalue weighted by Gasteiger charge is 2.22. The van der Waals surface area contributed by atoms with Gasteiger partial charge in [-0.3, -0.25) is 4.79 Å². The molecule has 1 aliphatic rings. The fourth-order valence-electron chi connectivity index (χ4n) is 2.75. The van der Waals surface area contributed by atoms with Crippen LogP contribution in [-0.4, -0.2) is 17.9 Å². The minimum absolute atomic E-state index is 0.394. The van der Waals surface area contributed by atoms with Crippen molar-refractivity contribution in [2.24, 2.45) is 0 Å². The van der Waals surface area contributed by atoms with Crippen molar-refractivity contribution in [3.8, 4) is 0 Å². The van der Waals surface area contributed by atoms with Gasteiger partial charge >= 0.3 is 0 Å². The SMILES string of the molecule is CCCCCCCCC[C@H]1CC(=O)C[C@H](C)N1. The number of rotatable bonds is 8. The molecule has 0 aromatic heterocycles. The number of carbonyl (C=O) groups excluding carboxylic acids is 1. The molecule has 0 aromatic carbocycles. The van der Waals surface area contributed by atoms with Gasteiger partial charge in [-0.15, -0.1) is 0 Å². The van der Waals surface area contributed by atoms with Crippen LogP contribution in [0.3, 0.4) is 0 Å². The van der Waals surface area contributed by atoms with E-state index in [0.717, 1.165) is 12.8 Å². The normalized spacial score (nSPS) is 25.2. The Hall–Kier alpha value is -0.370. The first-order valence-electron chi connectivity index (χ1n) is 7.50. The molecule has 2 heteroatoms. The number of ketones is 1. The zero-order valence-corrected chi connectivity index (χ0v) is 11.6. The van der Waals surface area contributed by atoms with Crippen LogP contribution in [0.2, 0.25) is 0 Å². The van der Waals surface area contributed by atoms with Crippen LogP contribution < -0.4 is 5.32 Å². The summed E-state index contributed by atoms with van der Waals surface area (Å²) < 4.78 is 0. The molecule has 1 rings (SSSR count). The second-order valence-corrected chi connectivity index (χ2v) is 5.62. The Labute approximate surface area is 107 Å². The number of hydrogen-bond acceptors (Lipinski definition) is 2. The first kappa shape index (κ1) is 14.7. The zero-order chi connectivity index (χ0) is 12.5. The number of hydrogen-bond donors (Lipinski definition) is 1. The third-order valence-corrected chi connectivity index (χ3v) is 3.68. The fraction of sp³-hybridized carbons (Fsp3) is 0.933. The van der Waals surface area contributed by atoms with E-state index < -0.39 is 0 Å². The maximum atomic E-state index is 11.5. The minimum Gasteiger partial charge on any atom is -0.311 e. The molecule has 0 spiro atoms. The molecule has 0 bridgehead atoms. The van der Waals surface area contributed by atoms with E-state index in [1.54, 1.807) is 0 Å². The van der Waals surface area contributed by atoms with Crippen LogP contribution in [0.1, 0.15) is 78.1 Å². The van der Waals surface area contributed by atoms with E-state index in [9.17, 15) is 4.79 Å². The molecule has 0 amide bonds. The summed E-state index contributed by atoms with van der Waals surface area (Å²) in [6.07, 6.45) is 12.2. The lowest BCUT2D eigenvalue weighted by molar-refractivity contribution is -0.121. The third-order valence-electron chi connectivity index (χ3n) is 3.68. The van der Waals surface area contributed by atoms with E-state index in [1.165, 1.54) is 51.4 Å². The van der Waals surface area contributed by atoms with Crippen LogP contribution in [0.4, 0.5) is 0 Å². The first-order chi connectivity index (χ1) is 8.22. The molecule has 1 fully saturated rings. The topological polar surface area (TPSA) is 29.1 Å². The molecule has 0 radical (unpaired) electrons. The highest BCUT2D eigenvalue weighted by Crippen LogP contribution is 2.16. The van der Waals surface area contributed by atoms with Gasteiger partial charge in [0.15, 0.2) is 0 Å². The van der Waals surface area contributed by atoms with Crippen LogP contribution in [0.15, 0.2) is 0 Å². The first-order valence-corrected chi connectivity index (χ1v) is 7.50. The van der Waals surface area contributed by atoms with Gasteiger partial charge in [0.2, 0.25) is 0 Å². The third kappa shape index (κ3) is 6.82. The maximum Gasteiger partial charge on any atom is 0.136 e. The summed E-state index contributed by atoms with van der Waals surface area (Å²) in [7, 11) is 0. The van der Waals surface area contributed by atoms with Crippen LogP contribution in [0.25, 0.3) is 0 Å². The van der Waals surface area contributed by atoms with Crippen LogP contribution >= 0.6 is 0 Å². The van der Waals surface area contributed by atoms with Crippen LogP contribution in [-0.2, 0) is 4.79 Å². The summed E-state index contributed by atoms with van der Waals surface area (Å²) >= 11 is 0. The summed E-state index contributed by atoms with van der Waals surface area (Å²) in [5.41, 5.74) is 0. The summed E-state index contributed by atoms with van der Waals surface area (Å²) in [5.74, 6) is 0.448. The molecule has 1 saturated heterocycles. The van der Waals surface area contributed by atoms with E-state index in [2.05, 4.69) is 19.2 Å². The molecule has 100 valence electrons. The molecule has 0 saturated carbocycles. The smallest absolute Gasteiger partial charge is 0.136 e. The summed E-state index contributed by atoms with van der Waals surface area (Å²) in [6.45, 7) is 4.38. The second-order valence-electron chi connectivity index (χ2n) is 5.62. The van der Waals surface area contributed by atoms with E-state index in [4.69, 9.17) is 0 Å². The number of unbranched alkanes of at least 4 members (excludes halogenated alkanes) is 6. The van der Waals surface area contributed by atoms with Crippen LogP contribution in [0, 0.1) is 0 Å². The van der Waals surface area contributed by atoms with Gasteiger partial charge in [0.25, 0.3) is 0 Å². The molecule has 1 N–H and O–H groups in total. The largest absolute Gasteiger partial charge is 0.311 e. The van der Waals surface area contributed by atoms with Gasteiger partial charge < -0.3 is 5.32 Å². The predicted molar refractivity (Wildman–Crippen MR) is 73.2 cm³/mol. The van der Waals surface area contributed by atoms with Gasteiger partial charge in [-0.25, -0.2) is 0 Å². The monoisotopic (exact) mass is 239 g/mol. The average Bonchev–Trinajstić information content (AvgIpc) is 2.26. The Morgan fingerprint density at radius 3 is 2.35 bits per heavy atom. The van der Waals surface area contributed by atoms with Gasteiger partial charge in [0.05, 0.1) is 0 Å². The number of nitrogens with one attached hydrogen (secondary N) is 1. The standard InChI is InChI=1S/C15H29NO/c1-3-4-5-6-7-8-9-10-14-12-15(17)11-13(2)16-14/h13-14,16H,3-12H2,1-2H3/t13-,14-/m0/s1. The molecule has 2 atom stereocenters. The Morgan fingerprint density at radius 1 is 1.06 bits per heavy atom. The highest BCUT2D eigenvalue weighted by molar-refractivity contribution is 5.80. The lowest BCUT2D eigenvalue weighted by atomic mass is 9.94. The average molecular weight is 239 g/mol. The number of carbonyl (C=O) groups is 1. The van der Waals surface area contributed by atoms with Gasteiger partial charge in [-0.1, -0.05) is 51.9 Å². The molecule has 0 unspecified atom stereocenters. The van der Waals surface area contributed by atoms with Gasteiger partial charge in [0, 0.05) is 24.9 Å². The lowest BCUT2D eigenvalue weighted by Crippen LogP contribution is -2.44. The van der Waals surface area contributed by atoms with Gasteiger partial charge in [-0.2, -0.15) is 0 Å². The lowest BCUT2D eigenvalue weighted by Gasteiger charge is -2.27. The molecule has 1 aliphatic heterocycles. The van der Waals surface area contributed by atoms with Crippen molar-refractivity contribution in [3.63, 3.8) is 0 Å². The van der Waals surface area contributed by atoms with Crippen molar-refractivity contribution >= 4 is 5.78 Å². The van der Waals surface area contributed by atoms with Crippen molar-refractivity contribution < 1.29 is 4.79 Å². The Bertz CT molecular complexity index is 215. The van der Waals surface area contributed by atoms with E-state index >= 15 is 0 Å². The molecule has 0 aromatic rings. The van der Waals surface area contributed by atoms with Crippen molar-refractivity contribution in [1.29, 1.82) is 0 Å².